The first kappa shape index (κ1) is 18.1. The molecule has 2 amide bonds. The lowest BCUT2D eigenvalue weighted by Crippen LogP contribution is -2.30. The van der Waals surface area contributed by atoms with Crippen LogP contribution in [0.3, 0.4) is 0 Å². The van der Waals surface area contributed by atoms with Crippen molar-refractivity contribution in [3.05, 3.63) is 70.9 Å². The molecule has 9 heteroatoms. The van der Waals surface area contributed by atoms with E-state index in [2.05, 4.69) is 10.4 Å². The SMILES string of the molecule is O=C1CN(C(=O)c2cc(-c3cccc(F)c3)n(-c3ccc(F)c(Cl)c3)n2)CN1. The molecule has 0 bridgehead atoms. The Kier molecular flexibility index (Phi) is 4.56. The van der Waals surface area contributed by atoms with Crippen molar-refractivity contribution in [2.45, 2.75) is 0 Å². The Labute approximate surface area is 163 Å². The minimum Gasteiger partial charge on any atom is -0.337 e. The van der Waals surface area contributed by atoms with E-state index in [1.165, 1.54) is 52.0 Å². The van der Waals surface area contributed by atoms with Gasteiger partial charge in [-0.15, -0.1) is 0 Å². The molecule has 0 unspecified atom stereocenters. The van der Waals surface area contributed by atoms with Crippen molar-refractivity contribution in [2.75, 3.05) is 13.2 Å². The lowest BCUT2D eigenvalue weighted by Gasteiger charge is -2.10. The van der Waals surface area contributed by atoms with Crippen LogP contribution in [0, 0.1) is 11.6 Å². The molecule has 1 saturated heterocycles. The molecular formula is C19H13ClF2N4O2. The first-order chi connectivity index (χ1) is 13.4. The number of rotatable bonds is 3. The average molecular weight is 403 g/mol. The molecule has 2 heterocycles. The fraction of sp³-hybridized carbons (Fsp3) is 0.105. The Hall–Kier alpha value is -3.26. The smallest absolute Gasteiger partial charge is 0.276 e. The van der Waals surface area contributed by atoms with E-state index in [9.17, 15) is 18.4 Å². The van der Waals surface area contributed by atoms with Gasteiger partial charge in [0.25, 0.3) is 5.91 Å². The minimum absolute atomic E-state index is 0.0659. The molecule has 3 aromatic rings. The highest BCUT2D eigenvalue weighted by Gasteiger charge is 2.27. The molecule has 0 radical (unpaired) electrons. The molecule has 0 spiro atoms. The zero-order valence-electron chi connectivity index (χ0n) is 14.3. The van der Waals surface area contributed by atoms with Crippen LogP contribution in [-0.2, 0) is 4.79 Å². The van der Waals surface area contributed by atoms with E-state index in [1.54, 1.807) is 6.07 Å². The molecule has 6 nitrogen and oxygen atoms in total. The third-order valence-electron chi connectivity index (χ3n) is 4.29. The molecule has 1 aromatic heterocycles. The molecule has 0 aliphatic carbocycles. The number of carbonyl (C=O) groups excluding carboxylic acids is 2. The summed E-state index contributed by atoms with van der Waals surface area (Å²) >= 11 is 5.88. The number of nitrogens with one attached hydrogen (secondary N) is 1. The Balaban J connectivity index is 1.83. The molecule has 1 N–H and O–H groups in total. The van der Waals surface area contributed by atoms with E-state index in [-0.39, 0.29) is 29.8 Å². The van der Waals surface area contributed by atoms with Crippen molar-refractivity contribution < 1.29 is 18.4 Å². The second kappa shape index (κ2) is 7.05. The standard InChI is InChI=1S/C19H13ClF2N4O2/c20-14-7-13(4-5-15(14)22)26-17(11-2-1-3-12(21)6-11)8-16(24-26)19(28)25-9-18(27)23-10-25/h1-8H,9-10H2,(H,23,27). The maximum absolute atomic E-state index is 13.7. The van der Waals surface area contributed by atoms with Gasteiger partial charge in [-0.3, -0.25) is 9.59 Å². The lowest BCUT2D eigenvalue weighted by atomic mass is 10.1. The van der Waals surface area contributed by atoms with Gasteiger partial charge in [-0.2, -0.15) is 5.10 Å². The van der Waals surface area contributed by atoms with Crippen molar-refractivity contribution in [1.82, 2.24) is 20.0 Å². The van der Waals surface area contributed by atoms with Crippen LogP contribution in [0.2, 0.25) is 5.02 Å². The number of hydrogen-bond acceptors (Lipinski definition) is 3. The topological polar surface area (TPSA) is 67.2 Å². The maximum Gasteiger partial charge on any atom is 0.276 e. The molecule has 1 aliphatic rings. The predicted octanol–water partition coefficient (Wildman–Crippen LogP) is 3.00. The summed E-state index contributed by atoms with van der Waals surface area (Å²) < 4.78 is 28.7. The summed E-state index contributed by atoms with van der Waals surface area (Å²) in [5.74, 6) is -1.76. The first-order valence-electron chi connectivity index (χ1n) is 8.30. The van der Waals surface area contributed by atoms with E-state index in [4.69, 9.17) is 11.6 Å². The molecular weight excluding hydrogens is 390 g/mol. The van der Waals surface area contributed by atoms with Gasteiger partial charge in [-0.05, 0) is 36.4 Å². The minimum atomic E-state index is -0.595. The summed E-state index contributed by atoms with van der Waals surface area (Å²) in [5, 5.41) is 6.75. The molecule has 0 saturated carbocycles. The van der Waals surface area contributed by atoms with Crippen molar-refractivity contribution in [3.63, 3.8) is 0 Å². The molecule has 2 aromatic carbocycles. The Bertz CT molecular complexity index is 1100. The summed E-state index contributed by atoms with van der Waals surface area (Å²) in [5.41, 5.74) is 1.36. The molecule has 142 valence electrons. The van der Waals surface area contributed by atoms with Crippen LogP contribution in [0.15, 0.2) is 48.5 Å². The maximum atomic E-state index is 13.7. The van der Waals surface area contributed by atoms with Crippen LogP contribution in [0.5, 0.6) is 0 Å². The van der Waals surface area contributed by atoms with E-state index < -0.39 is 17.5 Å². The number of amides is 2. The van der Waals surface area contributed by atoms with Gasteiger partial charge in [-0.25, -0.2) is 13.5 Å². The van der Waals surface area contributed by atoms with E-state index in [0.29, 0.717) is 16.9 Å². The number of aromatic nitrogens is 2. The van der Waals surface area contributed by atoms with Crippen molar-refractivity contribution in [3.8, 4) is 16.9 Å². The molecule has 28 heavy (non-hydrogen) atoms. The number of halogens is 3. The summed E-state index contributed by atoms with van der Waals surface area (Å²) in [6.07, 6.45) is 0. The summed E-state index contributed by atoms with van der Waals surface area (Å²) in [6.45, 7) is 0.0194. The van der Waals surface area contributed by atoms with Gasteiger partial charge in [0.2, 0.25) is 5.91 Å². The lowest BCUT2D eigenvalue weighted by molar-refractivity contribution is -0.118. The zero-order valence-corrected chi connectivity index (χ0v) is 15.1. The van der Waals surface area contributed by atoms with Crippen LogP contribution in [0.1, 0.15) is 10.5 Å². The highest BCUT2D eigenvalue weighted by molar-refractivity contribution is 6.30. The highest BCUT2D eigenvalue weighted by atomic mass is 35.5. The van der Waals surface area contributed by atoms with Crippen molar-refractivity contribution >= 4 is 23.4 Å². The largest absolute Gasteiger partial charge is 0.337 e. The van der Waals surface area contributed by atoms with E-state index in [1.807, 2.05) is 0 Å². The van der Waals surface area contributed by atoms with Gasteiger partial charge in [-0.1, -0.05) is 23.7 Å². The number of nitrogens with zero attached hydrogens (tertiary/aromatic N) is 3. The first-order valence-corrected chi connectivity index (χ1v) is 8.67. The van der Waals surface area contributed by atoms with Gasteiger partial charge in [0, 0.05) is 5.56 Å². The fourth-order valence-corrected chi connectivity index (χ4v) is 3.10. The third-order valence-corrected chi connectivity index (χ3v) is 4.58. The zero-order chi connectivity index (χ0) is 19.8. The molecule has 1 fully saturated rings. The number of benzene rings is 2. The van der Waals surface area contributed by atoms with Gasteiger partial charge in [0.15, 0.2) is 5.69 Å². The van der Waals surface area contributed by atoms with Gasteiger partial charge >= 0.3 is 0 Å². The normalized spacial score (nSPS) is 13.7. The van der Waals surface area contributed by atoms with Crippen LogP contribution in [0.4, 0.5) is 8.78 Å². The molecule has 1 aliphatic heterocycles. The van der Waals surface area contributed by atoms with Crippen LogP contribution in [0.25, 0.3) is 16.9 Å². The Morgan fingerprint density at radius 1 is 1.14 bits per heavy atom. The quantitative estimate of drug-likeness (QED) is 0.732. The second-order valence-electron chi connectivity index (χ2n) is 6.20. The van der Waals surface area contributed by atoms with E-state index in [0.717, 1.165) is 0 Å². The van der Waals surface area contributed by atoms with Crippen LogP contribution >= 0.6 is 11.6 Å². The van der Waals surface area contributed by atoms with Crippen molar-refractivity contribution in [2.24, 2.45) is 0 Å². The van der Waals surface area contributed by atoms with Gasteiger partial charge < -0.3 is 10.2 Å². The number of hydrogen-bond donors (Lipinski definition) is 1. The number of carbonyl (C=O) groups is 2. The molecule has 0 atom stereocenters. The fourth-order valence-electron chi connectivity index (χ4n) is 2.93. The summed E-state index contributed by atoms with van der Waals surface area (Å²) in [4.78, 5) is 25.4. The van der Waals surface area contributed by atoms with E-state index >= 15 is 0 Å². The van der Waals surface area contributed by atoms with Crippen LogP contribution < -0.4 is 5.32 Å². The van der Waals surface area contributed by atoms with Crippen molar-refractivity contribution in [1.29, 1.82) is 0 Å². The highest BCUT2D eigenvalue weighted by Crippen LogP contribution is 2.27. The van der Waals surface area contributed by atoms with Crippen LogP contribution in [-0.4, -0.2) is 39.7 Å². The average Bonchev–Trinajstić information content (AvgIpc) is 3.30. The Morgan fingerprint density at radius 2 is 1.96 bits per heavy atom. The monoisotopic (exact) mass is 402 g/mol. The Morgan fingerprint density at radius 3 is 2.64 bits per heavy atom. The summed E-state index contributed by atoms with van der Waals surface area (Å²) in [6, 6.07) is 11.3. The summed E-state index contributed by atoms with van der Waals surface area (Å²) in [7, 11) is 0. The van der Waals surface area contributed by atoms with Gasteiger partial charge in [0.1, 0.15) is 18.2 Å². The van der Waals surface area contributed by atoms with Gasteiger partial charge in [0.05, 0.1) is 23.1 Å². The molecule has 4 rings (SSSR count). The predicted molar refractivity (Wildman–Crippen MR) is 98.0 cm³/mol. The third kappa shape index (κ3) is 3.34. The second-order valence-corrected chi connectivity index (χ2v) is 6.60.